The number of nitrogens with one attached hydrogen (secondary N) is 1. The summed E-state index contributed by atoms with van der Waals surface area (Å²) in [5.74, 6) is -0.504. The Labute approximate surface area is 76.0 Å². The Hall–Kier alpha value is -1.32. The lowest BCUT2D eigenvalue weighted by atomic mass is 9.88. The van der Waals surface area contributed by atoms with E-state index in [-0.39, 0.29) is 5.69 Å². The molecule has 0 bridgehead atoms. The smallest absolute Gasteiger partial charge is 0.356 e. The summed E-state index contributed by atoms with van der Waals surface area (Å²) in [5, 5.41) is 15.5. The van der Waals surface area contributed by atoms with Crippen LogP contribution in [0.5, 0.6) is 0 Å². The van der Waals surface area contributed by atoms with Gasteiger partial charge in [-0.05, 0) is 25.2 Å². The van der Waals surface area contributed by atoms with Crippen LogP contribution < -0.4 is 0 Å². The number of carboxylic acid groups (broad SMARTS) is 1. The standard InChI is InChI=1S/C9H12N2O2/c1-5-3-2-4-6-7(5)10-11-8(6)9(12)13/h5H,2-4H2,1H3,(H,10,11)(H,12,13)/t5-/m0/s1. The SMILES string of the molecule is C[C@H]1CCCc2c(C(=O)O)n[nH]c21. The molecule has 70 valence electrons. The van der Waals surface area contributed by atoms with Crippen molar-refractivity contribution in [2.45, 2.75) is 32.1 Å². The fourth-order valence-corrected chi connectivity index (χ4v) is 1.95. The number of carboxylic acids is 1. The predicted molar refractivity (Wildman–Crippen MR) is 46.9 cm³/mol. The van der Waals surface area contributed by atoms with E-state index in [0.717, 1.165) is 30.5 Å². The van der Waals surface area contributed by atoms with Crippen LogP contribution in [0.3, 0.4) is 0 Å². The van der Waals surface area contributed by atoms with E-state index in [9.17, 15) is 4.79 Å². The van der Waals surface area contributed by atoms with Crippen LogP contribution in [-0.2, 0) is 6.42 Å². The zero-order valence-electron chi connectivity index (χ0n) is 7.50. The van der Waals surface area contributed by atoms with Gasteiger partial charge in [-0.2, -0.15) is 5.10 Å². The average Bonchev–Trinajstić information content (AvgIpc) is 2.48. The number of nitrogens with zero attached hydrogens (tertiary/aromatic N) is 1. The first-order chi connectivity index (χ1) is 6.20. The number of H-pyrrole nitrogens is 1. The van der Waals surface area contributed by atoms with Gasteiger partial charge in [0.1, 0.15) is 0 Å². The van der Waals surface area contributed by atoms with Gasteiger partial charge in [-0.25, -0.2) is 4.79 Å². The molecule has 0 spiro atoms. The van der Waals surface area contributed by atoms with Gasteiger partial charge in [-0.15, -0.1) is 0 Å². The third-order valence-electron chi connectivity index (χ3n) is 2.66. The second-order valence-electron chi connectivity index (χ2n) is 3.56. The Morgan fingerprint density at radius 2 is 2.46 bits per heavy atom. The molecule has 4 nitrogen and oxygen atoms in total. The largest absolute Gasteiger partial charge is 0.476 e. The van der Waals surface area contributed by atoms with Crippen molar-refractivity contribution in [1.29, 1.82) is 0 Å². The first-order valence-corrected chi connectivity index (χ1v) is 4.50. The van der Waals surface area contributed by atoms with E-state index in [1.165, 1.54) is 0 Å². The van der Waals surface area contributed by atoms with Gasteiger partial charge in [0.2, 0.25) is 0 Å². The number of hydrogen-bond acceptors (Lipinski definition) is 2. The predicted octanol–water partition coefficient (Wildman–Crippen LogP) is 1.55. The summed E-state index contributed by atoms with van der Waals surface area (Å²) in [6.07, 6.45) is 3.03. The minimum atomic E-state index is -0.924. The van der Waals surface area contributed by atoms with Crippen molar-refractivity contribution < 1.29 is 9.90 Å². The van der Waals surface area contributed by atoms with Crippen molar-refractivity contribution in [3.05, 3.63) is 17.0 Å². The van der Waals surface area contributed by atoms with E-state index in [4.69, 9.17) is 5.11 Å². The second kappa shape index (κ2) is 2.87. The quantitative estimate of drug-likeness (QED) is 0.689. The minimum absolute atomic E-state index is 0.210. The van der Waals surface area contributed by atoms with Gasteiger partial charge in [0.05, 0.1) is 0 Å². The summed E-state index contributed by atoms with van der Waals surface area (Å²) < 4.78 is 0. The highest BCUT2D eigenvalue weighted by Crippen LogP contribution is 2.30. The molecule has 0 fully saturated rings. The van der Waals surface area contributed by atoms with Crippen molar-refractivity contribution >= 4 is 5.97 Å². The molecular weight excluding hydrogens is 168 g/mol. The monoisotopic (exact) mass is 180 g/mol. The molecule has 0 saturated carbocycles. The van der Waals surface area contributed by atoms with E-state index in [0.29, 0.717) is 5.92 Å². The maximum atomic E-state index is 10.8. The first-order valence-electron chi connectivity index (χ1n) is 4.50. The zero-order chi connectivity index (χ0) is 9.42. The van der Waals surface area contributed by atoms with Crippen LogP contribution in [0.15, 0.2) is 0 Å². The van der Waals surface area contributed by atoms with Gasteiger partial charge in [0.25, 0.3) is 0 Å². The molecule has 1 heterocycles. The third-order valence-corrected chi connectivity index (χ3v) is 2.66. The molecule has 2 rings (SSSR count). The van der Waals surface area contributed by atoms with Gasteiger partial charge in [-0.1, -0.05) is 6.92 Å². The molecule has 0 amide bonds. The van der Waals surface area contributed by atoms with Crippen LogP contribution >= 0.6 is 0 Å². The van der Waals surface area contributed by atoms with Crippen molar-refractivity contribution in [1.82, 2.24) is 10.2 Å². The number of aromatic nitrogens is 2. The molecule has 2 N–H and O–H groups in total. The highest BCUT2D eigenvalue weighted by Gasteiger charge is 2.24. The maximum absolute atomic E-state index is 10.8. The Balaban J connectivity index is 2.47. The van der Waals surface area contributed by atoms with Gasteiger partial charge in [0.15, 0.2) is 5.69 Å². The Kier molecular flexibility index (Phi) is 1.83. The van der Waals surface area contributed by atoms with Crippen LogP contribution in [0.4, 0.5) is 0 Å². The van der Waals surface area contributed by atoms with Crippen LogP contribution in [0, 0.1) is 0 Å². The molecule has 1 aliphatic carbocycles. The summed E-state index contributed by atoms with van der Waals surface area (Å²) in [5.41, 5.74) is 2.14. The number of hydrogen-bond donors (Lipinski definition) is 2. The maximum Gasteiger partial charge on any atom is 0.356 e. The second-order valence-corrected chi connectivity index (χ2v) is 3.56. The van der Waals surface area contributed by atoms with E-state index in [1.54, 1.807) is 0 Å². The Morgan fingerprint density at radius 3 is 3.15 bits per heavy atom. The lowest BCUT2D eigenvalue weighted by Crippen LogP contribution is -2.09. The topological polar surface area (TPSA) is 66.0 Å². The molecule has 1 atom stereocenters. The Bertz CT molecular complexity index is 343. The Morgan fingerprint density at radius 1 is 1.69 bits per heavy atom. The summed E-state index contributed by atoms with van der Waals surface area (Å²) >= 11 is 0. The third kappa shape index (κ3) is 1.22. The lowest BCUT2D eigenvalue weighted by Gasteiger charge is -2.17. The normalized spacial score (nSPS) is 21.2. The molecule has 0 saturated heterocycles. The number of fused-ring (bicyclic) bond motifs is 1. The number of rotatable bonds is 1. The van der Waals surface area contributed by atoms with E-state index in [2.05, 4.69) is 17.1 Å². The van der Waals surface area contributed by atoms with Crippen LogP contribution in [0.2, 0.25) is 0 Å². The fourth-order valence-electron chi connectivity index (χ4n) is 1.95. The number of carbonyl (C=O) groups is 1. The van der Waals surface area contributed by atoms with Crippen LogP contribution in [0.25, 0.3) is 0 Å². The fraction of sp³-hybridized carbons (Fsp3) is 0.556. The number of aromatic carboxylic acids is 1. The lowest BCUT2D eigenvalue weighted by molar-refractivity contribution is 0.0689. The van der Waals surface area contributed by atoms with Gasteiger partial charge < -0.3 is 5.11 Å². The molecular formula is C9H12N2O2. The van der Waals surface area contributed by atoms with Crippen molar-refractivity contribution in [3.8, 4) is 0 Å². The summed E-state index contributed by atoms with van der Waals surface area (Å²) in [7, 11) is 0. The highest BCUT2D eigenvalue weighted by atomic mass is 16.4. The molecule has 13 heavy (non-hydrogen) atoms. The van der Waals surface area contributed by atoms with Crippen molar-refractivity contribution in [3.63, 3.8) is 0 Å². The van der Waals surface area contributed by atoms with E-state index < -0.39 is 5.97 Å². The van der Waals surface area contributed by atoms with E-state index in [1.807, 2.05) is 0 Å². The highest BCUT2D eigenvalue weighted by molar-refractivity contribution is 5.87. The molecule has 0 aromatic carbocycles. The average molecular weight is 180 g/mol. The van der Waals surface area contributed by atoms with Crippen LogP contribution in [0.1, 0.15) is 47.4 Å². The summed E-state index contributed by atoms with van der Waals surface area (Å²) in [6.45, 7) is 2.10. The summed E-state index contributed by atoms with van der Waals surface area (Å²) in [6, 6.07) is 0. The first kappa shape index (κ1) is 8.29. The van der Waals surface area contributed by atoms with Gasteiger partial charge in [-0.3, -0.25) is 5.10 Å². The zero-order valence-corrected chi connectivity index (χ0v) is 7.50. The van der Waals surface area contributed by atoms with Crippen LogP contribution in [-0.4, -0.2) is 21.3 Å². The van der Waals surface area contributed by atoms with Crippen molar-refractivity contribution in [2.75, 3.05) is 0 Å². The molecule has 0 radical (unpaired) electrons. The molecule has 1 aliphatic rings. The molecule has 1 aromatic heterocycles. The minimum Gasteiger partial charge on any atom is -0.476 e. The molecule has 4 heteroatoms. The van der Waals surface area contributed by atoms with Gasteiger partial charge in [0, 0.05) is 11.3 Å². The molecule has 1 aromatic rings. The van der Waals surface area contributed by atoms with Gasteiger partial charge >= 0.3 is 5.97 Å². The molecule has 0 aliphatic heterocycles. The summed E-state index contributed by atoms with van der Waals surface area (Å²) in [4.78, 5) is 10.8. The number of aromatic amines is 1. The molecule has 0 unspecified atom stereocenters. The van der Waals surface area contributed by atoms with E-state index >= 15 is 0 Å². The van der Waals surface area contributed by atoms with Crippen molar-refractivity contribution in [2.24, 2.45) is 0 Å².